The molecule has 4 nitrogen and oxygen atoms in total. The number of hydrogen-bond donors (Lipinski definition) is 1. The number of nitrogens with zero attached hydrogens (tertiary/aromatic N) is 1. The van der Waals surface area contributed by atoms with Gasteiger partial charge in [0.15, 0.2) is 5.78 Å². The minimum atomic E-state index is -1.29. The van der Waals surface area contributed by atoms with E-state index in [-0.39, 0.29) is 23.7 Å². The van der Waals surface area contributed by atoms with Crippen LogP contribution in [0.5, 0.6) is 5.75 Å². The largest absolute Gasteiger partial charge is 0.497 e. The number of carbonyl (C=O) groups excluding carboxylic acids is 1. The topological polar surface area (TPSA) is 49.8 Å². The van der Waals surface area contributed by atoms with Crippen LogP contribution in [0, 0.1) is 5.92 Å². The molecule has 1 saturated carbocycles. The molecule has 25 heavy (non-hydrogen) atoms. The van der Waals surface area contributed by atoms with Gasteiger partial charge in [0.25, 0.3) is 0 Å². The number of hydrogen-bond acceptors (Lipinski definition) is 4. The second-order valence-corrected chi connectivity index (χ2v) is 7.17. The summed E-state index contributed by atoms with van der Waals surface area (Å²) in [7, 11) is 1.65. The smallest absolute Gasteiger partial charge is 0.188 e. The normalized spacial score (nSPS) is 31.2. The van der Waals surface area contributed by atoms with Gasteiger partial charge in [-0.15, -0.1) is 0 Å². The molecule has 2 fully saturated rings. The summed E-state index contributed by atoms with van der Waals surface area (Å²) < 4.78 is 5.24. The molecule has 2 aromatic rings. The lowest BCUT2D eigenvalue weighted by atomic mass is 9.67. The second-order valence-electron chi connectivity index (χ2n) is 7.17. The van der Waals surface area contributed by atoms with Crippen molar-refractivity contribution < 1.29 is 14.6 Å². The van der Waals surface area contributed by atoms with E-state index in [2.05, 4.69) is 4.90 Å². The lowest BCUT2D eigenvalue weighted by Gasteiger charge is -2.38. The highest BCUT2D eigenvalue weighted by Crippen LogP contribution is 2.48. The molecule has 4 heteroatoms. The van der Waals surface area contributed by atoms with Gasteiger partial charge in [0, 0.05) is 11.6 Å². The lowest BCUT2D eigenvalue weighted by molar-refractivity contribution is -0.142. The SMILES string of the molecule is COc1ccc([C@@H]2C[C@H]3C(=O)[C@](O)(CN3c3ccccc3)[C@@H]2C)cc1. The van der Waals surface area contributed by atoms with Crippen molar-refractivity contribution in [3.8, 4) is 5.75 Å². The number of carbonyl (C=O) groups is 1. The van der Waals surface area contributed by atoms with Crippen LogP contribution in [0.3, 0.4) is 0 Å². The monoisotopic (exact) mass is 337 g/mol. The molecule has 1 aliphatic heterocycles. The molecule has 4 atom stereocenters. The van der Waals surface area contributed by atoms with Crippen LogP contribution in [0.2, 0.25) is 0 Å². The van der Waals surface area contributed by atoms with Gasteiger partial charge in [-0.05, 0) is 42.2 Å². The summed E-state index contributed by atoms with van der Waals surface area (Å²) in [4.78, 5) is 14.9. The number of rotatable bonds is 3. The Morgan fingerprint density at radius 3 is 2.44 bits per heavy atom. The van der Waals surface area contributed by atoms with Crippen molar-refractivity contribution in [2.75, 3.05) is 18.6 Å². The molecule has 0 radical (unpaired) electrons. The van der Waals surface area contributed by atoms with Gasteiger partial charge < -0.3 is 14.7 Å². The Morgan fingerprint density at radius 2 is 1.80 bits per heavy atom. The Kier molecular flexibility index (Phi) is 3.80. The van der Waals surface area contributed by atoms with Gasteiger partial charge in [-0.3, -0.25) is 4.79 Å². The van der Waals surface area contributed by atoms with E-state index >= 15 is 0 Å². The van der Waals surface area contributed by atoms with E-state index in [0.717, 1.165) is 23.4 Å². The van der Waals surface area contributed by atoms with Crippen molar-refractivity contribution in [3.05, 3.63) is 60.2 Å². The highest BCUT2D eigenvalue weighted by Gasteiger charge is 2.60. The Labute approximate surface area is 148 Å². The van der Waals surface area contributed by atoms with Crippen LogP contribution in [0.4, 0.5) is 5.69 Å². The molecule has 2 aliphatic rings. The first-order valence-corrected chi connectivity index (χ1v) is 8.77. The van der Waals surface area contributed by atoms with Gasteiger partial charge in [-0.1, -0.05) is 37.3 Å². The van der Waals surface area contributed by atoms with Crippen molar-refractivity contribution >= 4 is 11.5 Å². The second kappa shape index (κ2) is 5.88. The molecule has 1 aliphatic carbocycles. The van der Waals surface area contributed by atoms with Crippen molar-refractivity contribution in [1.29, 1.82) is 0 Å². The van der Waals surface area contributed by atoms with E-state index in [1.54, 1.807) is 7.11 Å². The molecular formula is C21H23NO3. The molecule has 1 N–H and O–H groups in total. The van der Waals surface area contributed by atoms with E-state index in [1.165, 1.54) is 0 Å². The number of anilines is 1. The lowest BCUT2D eigenvalue weighted by Crippen LogP contribution is -2.51. The zero-order chi connectivity index (χ0) is 17.6. The third kappa shape index (κ3) is 2.44. The molecule has 0 unspecified atom stereocenters. The maximum Gasteiger partial charge on any atom is 0.188 e. The highest BCUT2D eigenvalue weighted by atomic mass is 16.5. The number of methoxy groups -OCH3 is 1. The Hall–Kier alpha value is -2.33. The number of ether oxygens (including phenoxy) is 1. The number of β-amino-alcohol motifs (C(OH)–C–C–N with tert-alkyl or cyclic N) is 1. The Bertz CT molecular complexity index is 773. The van der Waals surface area contributed by atoms with Crippen LogP contribution in [-0.2, 0) is 4.79 Å². The minimum Gasteiger partial charge on any atom is -0.497 e. The standard InChI is InChI=1S/C21H23NO3/c1-14-18(15-8-10-17(25-2)11-9-15)12-19-20(23)21(14,24)13-22(19)16-6-4-3-5-7-16/h3-11,14,18-19,24H,12-13H2,1-2H3/t14-,18-,19+,21+/m1/s1. The van der Waals surface area contributed by atoms with Gasteiger partial charge in [-0.25, -0.2) is 0 Å². The van der Waals surface area contributed by atoms with Crippen molar-refractivity contribution in [2.45, 2.75) is 30.9 Å². The number of para-hydroxylation sites is 1. The van der Waals surface area contributed by atoms with E-state index in [0.29, 0.717) is 6.54 Å². The summed E-state index contributed by atoms with van der Waals surface area (Å²) in [6, 6.07) is 17.6. The maximum absolute atomic E-state index is 12.9. The first-order valence-electron chi connectivity index (χ1n) is 8.77. The van der Waals surface area contributed by atoms with Gasteiger partial charge in [0.1, 0.15) is 11.4 Å². The quantitative estimate of drug-likeness (QED) is 0.935. The number of Topliss-reactive ketones (excluding diaryl/α,β-unsaturated/α-hetero) is 1. The fourth-order valence-electron chi connectivity index (χ4n) is 4.42. The number of fused-ring (bicyclic) bond motifs is 2. The van der Waals surface area contributed by atoms with Gasteiger partial charge >= 0.3 is 0 Å². The number of benzene rings is 2. The van der Waals surface area contributed by atoms with E-state index in [1.807, 2.05) is 61.5 Å². The van der Waals surface area contributed by atoms with E-state index < -0.39 is 5.60 Å². The molecule has 130 valence electrons. The van der Waals surface area contributed by atoms with Crippen LogP contribution >= 0.6 is 0 Å². The van der Waals surface area contributed by atoms with Crippen LogP contribution < -0.4 is 9.64 Å². The molecule has 2 aromatic carbocycles. The van der Waals surface area contributed by atoms with E-state index in [9.17, 15) is 9.90 Å². The Morgan fingerprint density at radius 1 is 1.12 bits per heavy atom. The zero-order valence-electron chi connectivity index (χ0n) is 14.6. The summed E-state index contributed by atoms with van der Waals surface area (Å²) in [5, 5.41) is 11.2. The average molecular weight is 337 g/mol. The number of ketones is 1. The maximum atomic E-state index is 12.9. The average Bonchev–Trinajstić information content (AvgIpc) is 2.84. The van der Waals surface area contributed by atoms with Crippen LogP contribution in [-0.4, -0.2) is 36.2 Å². The Balaban J connectivity index is 1.69. The minimum absolute atomic E-state index is 0.0337. The molecule has 0 aromatic heterocycles. The third-order valence-corrected chi connectivity index (χ3v) is 5.98. The summed E-state index contributed by atoms with van der Waals surface area (Å²) in [6.07, 6.45) is 0.726. The number of aliphatic hydroxyl groups is 1. The fraction of sp³-hybridized carbons (Fsp3) is 0.381. The molecule has 0 amide bonds. The van der Waals surface area contributed by atoms with Crippen LogP contribution in [0.15, 0.2) is 54.6 Å². The molecule has 0 spiro atoms. The van der Waals surface area contributed by atoms with Gasteiger partial charge in [-0.2, -0.15) is 0 Å². The first kappa shape index (κ1) is 16.2. The fourth-order valence-corrected chi connectivity index (χ4v) is 4.42. The third-order valence-electron chi connectivity index (χ3n) is 5.98. The van der Waals surface area contributed by atoms with Crippen molar-refractivity contribution in [3.63, 3.8) is 0 Å². The van der Waals surface area contributed by atoms with Gasteiger partial charge in [0.2, 0.25) is 0 Å². The van der Waals surface area contributed by atoms with Crippen molar-refractivity contribution in [2.24, 2.45) is 5.92 Å². The summed E-state index contributed by atoms with van der Waals surface area (Å²) in [5.74, 6) is 0.801. The summed E-state index contributed by atoms with van der Waals surface area (Å²) in [6.45, 7) is 2.37. The van der Waals surface area contributed by atoms with Crippen LogP contribution in [0.25, 0.3) is 0 Å². The predicted octanol–water partition coefficient (Wildman–Crippen LogP) is 3.01. The molecular weight excluding hydrogens is 314 g/mol. The zero-order valence-corrected chi connectivity index (χ0v) is 14.6. The van der Waals surface area contributed by atoms with E-state index in [4.69, 9.17) is 4.74 Å². The molecule has 1 heterocycles. The summed E-state index contributed by atoms with van der Waals surface area (Å²) in [5.41, 5.74) is 0.863. The summed E-state index contributed by atoms with van der Waals surface area (Å²) >= 11 is 0. The molecule has 1 saturated heterocycles. The highest BCUT2D eigenvalue weighted by molar-refractivity contribution is 5.99. The molecule has 2 bridgehead atoms. The van der Waals surface area contributed by atoms with Crippen LogP contribution in [0.1, 0.15) is 24.8 Å². The van der Waals surface area contributed by atoms with Crippen molar-refractivity contribution in [1.82, 2.24) is 0 Å². The first-order chi connectivity index (χ1) is 12.0. The van der Waals surface area contributed by atoms with Gasteiger partial charge in [0.05, 0.1) is 19.7 Å². The molecule has 4 rings (SSSR count). The predicted molar refractivity (Wildman–Crippen MR) is 97.0 cm³/mol.